The van der Waals surface area contributed by atoms with E-state index in [2.05, 4.69) is 4.31 Å². The molecule has 0 aromatic carbocycles. The molecular weight excluding hydrogens is 249 g/mol. The molecule has 6 nitrogen and oxygen atoms in total. The Morgan fingerprint density at radius 2 is 1.78 bits per heavy atom. The van der Waals surface area contributed by atoms with E-state index < -0.39 is 16.1 Å². The molecule has 0 rings (SSSR count). The fourth-order valence-corrected chi connectivity index (χ4v) is 0.819. The van der Waals surface area contributed by atoms with E-state index in [9.17, 15) is 9.13 Å². The monoisotopic (exact) mass is 251 g/mol. The van der Waals surface area contributed by atoms with Gasteiger partial charge in [-0.15, -0.1) is 4.89 Å². The minimum Gasteiger partial charge on any atom is -0.300 e. The van der Waals surface area contributed by atoms with Crippen molar-refractivity contribution in [2.75, 3.05) is 0 Å². The van der Waals surface area contributed by atoms with Gasteiger partial charge in [-0.05, 0) is 4.31 Å². The molecule has 1 atom stereocenters. The maximum atomic E-state index is 9.57. The van der Waals surface area contributed by atoms with Gasteiger partial charge in [0.25, 0.3) is 0 Å². The van der Waals surface area contributed by atoms with Gasteiger partial charge in [-0.25, -0.2) is 4.57 Å². The summed E-state index contributed by atoms with van der Waals surface area (Å²) in [5, 5.41) is 0. The van der Waals surface area contributed by atoms with Crippen molar-refractivity contribution >= 4 is 16.1 Å². The van der Waals surface area contributed by atoms with Gasteiger partial charge in [0, 0.05) is 30.8 Å². The Labute approximate surface area is 70.5 Å². The Balaban J connectivity index is 0. The average Bonchev–Trinajstić information content (AvgIpc) is 1.21. The molecule has 0 radical (unpaired) electrons. The van der Waals surface area contributed by atoms with E-state index in [4.69, 9.17) is 14.7 Å². The standard InChI is InChI=1S/H2O6P2.Zr/c1-7(2)6-8(3,4)5;/h(H2-,1,2,3,4,5);/p+1. The normalized spacial score (nSPS) is 12.1. The van der Waals surface area contributed by atoms with Gasteiger partial charge in [-0.2, -0.15) is 0 Å². The van der Waals surface area contributed by atoms with E-state index in [1.807, 2.05) is 0 Å². The summed E-state index contributed by atoms with van der Waals surface area (Å²) in [5.41, 5.74) is 0. The first-order valence-electron chi connectivity index (χ1n) is 1.33. The van der Waals surface area contributed by atoms with Gasteiger partial charge in [0.2, 0.25) is 0 Å². The Kier molecular flexibility index (Phi) is 6.78. The second kappa shape index (κ2) is 4.81. The van der Waals surface area contributed by atoms with E-state index in [0.29, 0.717) is 0 Å². The van der Waals surface area contributed by atoms with Crippen LogP contribution in [0.2, 0.25) is 0 Å². The van der Waals surface area contributed by atoms with Gasteiger partial charge in [0.1, 0.15) is 0 Å². The molecule has 9 heavy (non-hydrogen) atoms. The van der Waals surface area contributed by atoms with Crippen molar-refractivity contribution in [3.8, 4) is 0 Å². The number of hydrogen-bond donors (Lipinski definition) is 3. The van der Waals surface area contributed by atoms with Gasteiger partial charge >= 0.3 is 16.1 Å². The van der Waals surface area contributed by atoms with E-state index >= 15 is 0 Å². The maximum absolute atomic E-state index is 9.57. The Morgan fingerprint density at radius 1 is 1.44 bits per heavy atom. The second-order valence-corrected chi connectivity index (χ2v) is 2.92. The summed E-state index contributed by atoms with van der Waals surface area (Å²) in [6.45, 7) is 0. The SMILES string of the molecule is O=[P+](O)OP(=O)(O)O.[Zr]. The van der Waals surface area contributed by atoms with E-state index in [1.54, 1.807) is 0 Å². The third-order valence-electron chi connectivity index (χ3n) is 0.176. The van der Waals surface area contributed by atoms with Crippen LogP contribution >= 0.6 is 16.1 Å². The van der Waals surface area contributed by atoms with Gasteiger partial charge in [-0.3, -0.25) is 0 Å². The first kappa shape index (κ1) is 12.7. The molecule has 0 aromatic heterocycles. The summed E-state index contributed by atoms with van der Waals surface area (Å²) in [7, 11) is -7.96. The van der Waals surface area contributed by atoms with E-state index in [1.165, 1.54) is 0 Å². The third kappa shape index (κ3) is 12.3. The quantitative estimate of drug-likeness (QED) is 0.585. The average molecular weight is 252 g/mol. The van der Waals surface area contributed by atoms with Crippen molar-refractivity contribution in [3.63, 3.8) is 0 Å². The van der Waals surface area contributed by atoms with Crippen LogP contribution in [-0.2, 0) is 39.6 Å². The minimum atomic E-state index is -4.76. The number of hydrogen-bond acceptors (Lipinski definition) is 3. The predicted octanol–water partition coefficient (Wildman–Crippen LogP) is -0.257. The fraction of sp³-hybridized carbons (Fsp3) is 0. The molecule has 0 heterocycles. The molecule has 9 heteroatoms. The Morgan fingerprint density at radius 3 is 1.78 bits per heavy atom. The largest absolute Gasteiger partial charge is 0.705 e. The fourth-order valence-electron chi connectivity index (χ4n) is 0.0910. The van der Waals surface area contributed by atoms with Crippen molar-refractivity contribution < 1.29 is 54.3 Å². The van der Waals surface area contributed by atoms with Crippen molar-refractivity contribution in [1.82, 2.24) is 0 Å². The molecule has 0 aliphatic heterocycles. The molecule has 0 bridgehead atoms. The zero-order valence-corrected chi connectivity index (χ0v) is 8.21. The number of phosphoric acid groups is 1. The van der Waals surface area contributed by atoms with Gasteiger partial charge in [-0.1, -0.05) is 0 Å². The molecule has 0 spiro atoms. The van der Waals surface area contributed by atoms with Gasteiger partial charge < -0.3 is 9.79 Å². The summed E-state index contributed by atoms with van der Waals surface area (Å²) in [6, 6.07) is 0. The van der Waals surface area contributed by atoms with Crippen molar-refractivity contribution in [3.05, 3.63) is 0 Å². The minimum absolute atomic E-state index is 0. The molecule has 0 saturated carbocycles. The molecular formula is H3O6P2Zr+. The van der Waals surface area contributed by atoms with Crippen LogP contribution in [0.3, 0.4) is 0 Å². The van der Waals surface area contributed by atoms with E-state index in [0.717, 1.165) is 0 Å². The summed E-state index contributed by atoms with van der Waals surface area (Å²) >= 11 is 0. The van der Waals surface area contributed by atoms with Crippen LogP contribution in [0.5, 0.6) is 0 Å². The molecule has 1 unspecified atom stereocenters. The molecule has 0 amide bonds. The van der Waals surface area contributed by atoms with Crippen LogP contribution in [0.25, 0.3) is 0 Å². The summed E-state index contributed by atoms with van der Waals surface area (Å²) in [4.78, 5) is 23.1. The summed E-state index contributed by atoms with van der Waals surface area (Å²) in [5.74, 6) is 0. The van der Waals surface area contributed by atoms with Gasteiger partial charge in [0.05, 0.1) is 0 Å². The maximum Gasteiger partial charge on any atom is 0.705 e. The topological polar surface area (TPSA) is 104 Å². The van der Waals surface area contributed by atoms with Crippen LogP contribution in [-0.4, -0.2) is 14.7 Å². The second-order valence-electron chi connectivity index (χ2n) is 0.810. The Hall–Kier alpha value is 1.05. The molecule has 52 valence electrons. The van der Waals surface area contributed by atoms with Crippen molar-refractivity contribution in [2.45, 2.75) is 0 Å². The first-order valence-corrected chi connectivity index (χ1v) is 3.99. The van der Waals surface area contributed by atoms with Crippen molar-refractivity contribution in [2.24, 2.45) is 0 Å². The zero-order chi connectivity index (χ0) is 6.78. The molecule has 0 fully saturated rings. The van der Waals surface area contributed by atoms with Crippen LogP contribution in [0.1, 0.15) is 0 Å². The smallest absolute Gasteiger partial charge is 0.300 e. The third-order valence-corrected chi connectivity index (χ3v) is 1.59. The van der Waals surface area contributed by atoms with Crippen molar-refractivity contribution in [1.29, 1.82) is 0 Å². The molecule has 0 saturated heterocycles. The van der Waals surface area contributed by atoms with Crippen LogP contribution in [0, 0.1) is 0 Å². The van der Waals surface area contributed by atoms with Crippen LogP contribution in [0.15, 0.2) is 0 Å². The summed E-state index contributed by atoms with van der Waals surface area (Å²) < 4.78 is 22.2. The number of rotatable bonds is 2. The van der Waals surface area contributed by atoms with E-state index in [-0.39, 0.29) is 26.2 Å². The summed E-state index contributed by atoms with van der Waals surface area (Å²) in [6.07, 6.45) is 0. The van der Waals surface area contributed by atoms with Crippen LogP contribution in [0.4, 0.5) is 0 Å². The van der Waals surface area contributed by atoms with Crippen LogP contribution < -0.4 is 0 Å². The molecule has 0 aliphatic carbocycles. The predicted molar refractivity (Wildman–Crippen MR) is 23.0 cm³/mol. The van der Waals surface area contributed by atoms with Gasteiger partial charge in [0.15, 0.2) is 0 Å². The molecule has 3 N–H and O–H groups in total. The Bertz CT molecular complexity index is 134. The molecule has 0 aromatic rings. The molecule has 0 aliphatic rings. The first-order chi connectivity index (χ1) is 3.42. The zero-order valence-electron chi connectivity index (χ0n) is 3.96.